The highest BCUT2D eigenvalue weighted by atomic mass is 15.3. The van der Waals surface area contributed by atoms with Crippen LogP contribution in [-0.2, 0) is 0 Å². The molecule has 3 heterocycles. The number of pyridine rings is 2. The Balaban J connectivity index is 1.10. The molecule has 0 atom stereocenters. The minimum Gasteiger partial charge on any atom is -0.245 e. The molecule has 8 aromatic carbocycles. The van der Waals surface area contributed by atoms with Crippen molar-refractivity contribution in [1.82, 2.24) is 19.7 Å². The van der Waals surface area contributed by atoms with Gasteiger partial charge in [-0.3, -0.25) is 0 Å². The fourth-order valence-corrected chi connectivity index (χ4v) is 8.25. The van der Waals surface area contributed by atoms with Crippen molar-refractivity contribution < 1.29 is 0 Å². The van der Waals surface area contributed by atoms with Gasteiger partial charge in [0.1, 0.15) is 5.69 Å². The van der Waals surface area contributed by atoms with Gasteiger partial charge in [-0.25, -0.2) is 14.6 Å². The van der Waals surface area contributed by atoms with E-state index in [1.807, 2.05) is 18.2 Å². The van der Waals surface area contributed by atoms with Crippen LogP contribution in [-0.4, -0.2) is 19.7 Å². The number of aromatic nitrogens is 4. The van der Waals surface area contributed by atoms with Crippen LogP contribution in [0, 0.1) is 0 Å². The van der Waals surface area contributed by atoms with Crippen molar-refractivity contribution >= 4 is 43.5 Å². The molecule has 0 bridgehead atoms. The molecule has 0 amide bonds. The van der Waals surface area contributed by atoms with E-state index in [0.29, 0.717) is 0 Å². The van der Waals surface area contributed by atoms with Crippen LogP contribution in [0.2, 0.25) is 0 Å². The molecule has 0 fully saturated rings. The van der Waals surface area contributed by atoms with Crippen molar-refractivity contribution in [2.24, 2.45) is 0 Å². The molecule has 0 unspecified atom stereocenters. The minimum atomic E-state index is 0.904. The molecule has 0 saturated heterocycles. The number of para-hydroxylation sites is 1. The Labute approximate surface area is 330 Å². The van der Waals surface area contributed by atoms with E-state index in [1.54, 1.807) is 0 Å². The second-order valence-corrected chi connectivity index (χ2v) is 14.4. The van der Waals surface area contributed by atoms with Crippen molar-refractivity contribution in [3.63, 3.8) is 0 Å². The molecule has 0 N–H and O–H groups in total. The maximum absolute atomic E-state index is 5.43. The van der Waals surface area contributed by atoms with Crippen LogP contribution in [0.4, 0.5) is 0 Å². The van der Waals surface area contributed by atoms with Crippen molar-refractivity contribution in [2.45, 2.75) is 0 Å². The lowest BCUT2D eigenvalue weighted by molar-refractivity contribution is 0.918. The van der Waals surface area contributed by atoms with E-state index in [1.165, 1.54) is 0 Å². The summed E-state index contributed by atoms with van der Waals surface area (Å²) in [5, 5.41) is 11.0. The van der Waals surface area contributed by atoms with Crippen molar-refractivity contribution in [1.29, 1.82) is 0 Å². The topological polar surface area (TPSA) is 43.6 Å². The second-order valence-electron chi connectivity index (χ2n) is 14.4. The Hall–Kier alpha value is -7.69. The molecule has 0 radical (unpaired) electrons. The third kappa shape index (κ3) is 5.66. The van der Waals surface area contributed by atoms with Gasteiger partial charge in [-0.1, -0.05) is 176 Å². The van der Waals surface area contributed by atoms with Gasteiger partial charge in [0, 0.05) is 38.2 Å². The fraction of sp³-hybridized carbons (Fsp3) is 0. The van der Waals surface area contributed by atoms with Gasteiger partial charge in [0.2, 0.25) is 0 Å². The summed E-state index contributed by atoms with van der Waals surface area (Å²) in [6.07, 6.45) is 0. The van der Waals surface area contributed by atoms with Crippen LogP contribution < -0.4 is 0 Å². The van der Waals surface area contributed by atoms with Crippen LogP contribution in [0.3, 0.4) is 0 Å². The van der Waals surface area contributed by atoms with E-state index in [0.717, 1.165) is 105 Å². The zero-order valence-electron chi connectivity index (χ0n) is 30.9. The van der Waals surface area contributed by atoms with Gasteiger partial charge >= 0.3 is 0 Å². The molecule has 0 aliphatic heterocycles. The summed E-state index contributed by atoms with van der Waals surface area (Å²) in [4.78, 5) is 10.4. The molecule has 4 heteroatoms. The summed E-state index contributed by atoms with van der Waals surface area (Å²) in [6, 6.07) is 72.6. The number of hydrogen-bond donors (Lipinski definition) is 0. The molecule has 0 saturated carbocycles. The van der Waals surface area contributed by atoms with Gasteiger partial charge in [-0.15, -0.1) is 0 Å². The molecule has 4 nitrogen and oxygen atoms in total. The Morgan fingerprint density at radius 3 is 1.44 bits per heavy atom. The van der Waals surface area contributed by atoms with E-state index >= 15 is 0 Å². The third-order valence-electron chi connectivity index (χ3n) is 11.0. The standard InChI is InChI=1S/C53H34N4/c1-5-14-35(15-6-1)45-34-42-20-13-23-44(48(42)53-49(45)50(39-18-9-3-10-19-39)56-57(53)43-21-11-4-12-22-43)36-24-26-38(27-25-36)47-33-31-41-29-28-40-30-32-46(37-16-7-2-8-17-37)54-51(40)52(41)55-47/h1-34H. The molecule has 0 spiro atoms. The van der Waals surface area contributed by atoms with Gasteiger partial charge in [0.25, 0.3) is 0 Å². The van der Waals surface area contributed by atoms with Gasteiger partial charge in [0.15, 0.2) is 0 Å². The highest BCUT2D eigenvalue weighted by Gasteiger charge is 2.23. The zero-order valence-corrected chi connectivity index (χ0v) is 30.9. The summed E-state index contributed by atoms with van der Waals surface area (Å²) in [5.41, 5.74) is 14.5. The zero-order chi connectivity index (χ0) is 37.7. The minimum absolute atomic E-state index is 0.904. The summed E-state index contributed by atoms with van der Waals surface area (Å²) < 4.78 is 2.14. The molecule has 266 valence electrons. The Kier molecular flexibility index (Phi) is 7.78. The molecule has 11 rings (SSSR count). The van der Waals surface area contributed by atoms with Crippen LogP contribution >= 0.6 is 0 Å². The summed E-state index contributed by atoms with van der Waals surface area (Å²) in [6.45, 7) is 0. The first-order valence-electron chi connectivity index (χ1n) is 19.3. The van der Waals surface area contributed by atoms with Gasteiger partial charge in [0.05, 0.1) is 33.6 Å². The predicted molar refractivity (Wildman–Crippen MR) is 236 cm³/mol. The molecule has 57 heavy (non-hydrogen) atoms. The first-order valence-corrected chi connectivity index (χ1v) is 19.3. The molecule has 3 aromatic heterocycles. The quantitative estimate of drug-likeness (QED) is 0.160. The van der Waals surface area contributed by atoms with Gasteiger partial charge in [-0.05, 0) is 58.0 Å². The molecule has 0 aliphatic carbocycles. The number of nitrogens with zero attached hydrogens (tertiary/aromatic N) is 4. The number of fused-ring (bicyclic) bond motifs is 6. The summed E-state index contributed by atoms with van der Waals surface area (Å²) in [5.74, 6) is 0. The lowest BCUT2D eigenvalue weighted by Gasteiger charge is -2.15. The highest BCUT2D eigenvalue weighted by Crippen LogP contribution is 2.44. The number of rotatable bonds is 6. The molecule has 0 aliphatic rings. The van der Waals surface area contributed by atoms with E-state index < -0.39 is 0 Å². The predicted octanol–water partition coefficient (Wildman–Crippen LogP) is 13.6. The first kappa shape index (κ1) is 32.7. The van der Waals surface area contributed by atoms with Crippen LogP contribution in [0.1, 0.15) is 0 Å². The average Bonchev–Trinajstić information content (AvgIpc) is 3.70. The normalized spacial score (nSPS) is 11.5. The van der Waals surface area contributed by atoms with Gasteiger partial charge in [-0.2, -0.15) is 5.10 Å². The summed E-state index contributed by atoms with van der Waals surface area (Å²) in [7, 11) is 0. The van der Waals surface area contributed by atoms with E-state index in [2.05, 4.69) is 193 Å². The highest BCUT2D eigenvalue weighted by molar-refractivity contribution is 6.21. The maximum atomic E-state index is 5.43. The van der Waals surface area contributed by atoms with E-state index in [4.69, 9.17) is 15.1 Å². The Bertz CT molecular complexity index is 3250. The maximum Gasteiger partial charge on any atom is 0.101 e. The average molecular weight is 727 g/mol. The monoisotopic (exact) mass is 726 g/mol. The molecular formula is C53H34N4. The fourth-order valence-electron chi connectivity index (χ4n) is 8.25. The number of benzene rings is 8. The summed E-state index contributed by atoms with van der Waals surface area (Å²) >= 11 is 0. The Morgan fingerprint density at radius 1 is 0.333 bits per heavy atom. The molecule has 11 aromatic rings. The molecular weight excluding hydrogens is 693 g/mol. The van der Waals surface area contributed by atoms with E-state index in [-0.39, 0.29) is 0 Å². The van der Waals surface area contributed by atoms with Gasteiger partial charge < -0.3 is 0 Å². The lowest BCUT2D eigenvalue weighted by Crippen LogP contribution is -1.97. The van der Waals surface area contributed by atoms with Crippen LogP contribution in [0.25, 0.3) is 105 Å². The largest absolute Gasteiger partial charge is 0.245 e. The SMILES string of the molecule is c1ccc(-c2ccc3ccc4ccc(-c5ccc(-c6cccc7cc(-c8ccccc8)c8c(-c9ccccc9)nn(-c9ccccc9)c8c67)cc5)nc4c3n2)cc1. The lowest BCUT2D eigenvalue weighted by atomic mass is 9.90. The van der Waals surface area contributed by atoms with Crippen LogP contribution in [0.15, 0.2) is 206 Å². The second kappa shape index (κ2) is 13.6. The Morgan fingerprint density at radius 2 is 0.825 bits per heavy atom. The van der Waals surface area contributed by atoms with Crippen molar-refractivity contribution in [3.05, 3.63) is 206 Å². The van der Waals surface area contributed by atoms with E-state index in [9.17, 15) is 0 Å². The smallest absolute Gasteiger partial charge is 0.101 e. The van der Waals surface area contributed by atoms with Crippen LogP contribution in [0.5, 0.6) is 0 Å². The van der Waals surface area contributed by atoms with Crippen molar-refractivity contribution in [3.8, 4) is 61.7 Å². The number of hydrogen-bond acceptors (Lipinski definition) is 3. The van der Waals surface area contributed by atoms with Crippen molar-refractivity contribution in [2.75, 3.05) is 0 Å². The first-order chi connectivity index (χ1) is 28.3. The third-order valence-corrected chi connectivity index (χ3v) is 11.0.